The first-order chi connectivity index (χ1) is 10.1. The van der Waals surface area contributed by atoms with Crippen LogP contribution in [0, 0.1) is 0 Å². The maximum Gasteiger partial charge on any atom is 0.251 e. The fraction of sp³-hybridized carbons (Fsp3) is 0.588. The van der Waals surface area contributed by atoms with E-state index in [0.29, 0.717) is 18.8 Å². The Kier molecular flexibility index (Phi) is 7.83. The third-order valence-electron chi connectivity index (χ3n) is 3.25. The number of nitrogens with one attached hydrogen (secondary N) is 1. The molecule has 0 heterocycles. The van der Waals surface area contributed by atoms with Crippen molar-refractivity contribution >= 4 is 5.91 Å². The second-order valence-corrected chi connectivity index (χ2v) is 5.24. The number of rotatable bonds is 9. The molecule has 1 aromatic rings. The Morgan fingerprint density at radius 1 is 1.29 bits per heavy atom. The highest BCUT2D eigenvalue weighted by atomic mass is 16.5. The Labute approximate surface area is 127 Å². The summed E-state index contributed by atoms with van der Waals surface area (Å²) >= 11 is 0. The number of amides is 1. The summed E-state index contributed by atoms with van der Waals surface area (Å²) in [5, 5.41) is 3.01. The number of carbonyl (C=O) groups excluding carboxylic acids is 1. The minimum absolute atomic E-state index is 0.0460. The molecule has 21 heavy (non-hydrogen) atoms. The zero-order chi connectivity index (χ0) is 15.7. The van der Waals surface area contributed by atoms with Crippen molar-refractivity contribution in [2.75, 3.05) is 13.7 Å². The molecule has 0 aliphatic rings. The molecule has 4 nitrogen and oxygen atoms in total. The highest BCUT2D eigenvalue weighted by Gasteiger charge is 2.12. The van der Waals surface area contributed by atoms with Crippen LogP contribution in [0.5, 0.6) is 5.75 Å². The topological polar surface area (TPSA) is 47.6 Å². The number of hydrogen-bond acceptors (Lipinski definition) is 3. The largest absolute Gasteiger partial charge is 0.496 e. The van der Waals surface area contributed by atoms with E-state index >= 15 is 0 Å². The molecule has 0 spiro atoms. The van der Waals surface area contributed by atoms with Crippen LogP contribution in [0.25, 0.3) is 0 Å². The molecule has 1 rings (SSSR count). The van der Waals surface area contributed by atoms with E-state index in [1.54, 1.807) is 13.2 Å². The Morgan fingerprint density at radius 3 is 2.67 bits per heavy atom. The van der Waals surface area contributed by atoms with Crippen molar-refractivity contribution in [1.82, 2.24) is 5.32 Å². The van der Waals surface area contributed by atoms with Gasteiger partial charge in [0.25, 0.3) is 5.91 Å². The van der Waals surface area contributed by atoms with Gasteiger partial charge in [0.05, 0.1) is 13.7 Å². The molecule has 4 heteroatoms. The Hall–Kier alpha value is -1.55. The number of ether oxygens (including phenoxy) is 2. The lowest BCUT2D eigenvalue weighted by molar-refractivity contribution is 0.0937. The van der Waals surface area contributed by atoms with Gasteiger partial charge >= 0.3 is 0 Å². The quantitative estimate of drug-likeness (QED) is 0.708. The van der Waals surface area contributed by atoms with Gasteiger partial charge < -0.3 is 14.8 Å². The monoisotopic (exact) mass is 293 g/mol. The number of methoxy groups -OCH3 is 1. The van der Waals surface area contributed by atoms with Crippen molar-refractivity contribution in [3.05, 3.63) is 29.3 Å². The minimum atomic E-state index is -0.0460. The third kappa shape index (κ3) is 5.76. The zero-order valence-electron chi connectivity index (χ0n) is 13.6. The van der Waals surface area contributed by atoms with Crippen LogP contribution >= 0.6 is 0 Å². The average molecular weight is 293 g/mol. The molecular formula is C17H27NO3. The number of benzene rings is 1. The van der Waals surface area contributed by atoms with Gasteiger partial charge in [0.2, 0.25) is 0 Å². The van der Waals surface area contributed by atoms with Crippen LogP contribution < -0.4 is 10.1 Å². The van der Waals surface area contributed by atoms with E-state index in [9.17, 15) is 4.79 Å². The molecule has 1 N–H and O–H groups in total. The summed E-state index contributed by atoms with van der Waals surface area (Å²) in [6.45, 7) is 7.36. The van der Waals surface area contributed by atoms with Crippen molar-refractivity contribution in [3.63, 3.8) is 0 Å². The molecule has 1 unspecified atom stereocenters. The average Bonchev–Trinajstić information content (AvgIpc) is 2.47. The molecule has 0 aromatic heterocycles. The van der Waals surface area contributed by atoms with Gasteiger partial charge in [0, 0.05) is 23.8 Å². The van der Waals surface area contributed by atoms with Crippen LogP contribution in [-0.2, 0) is 11.3 Å². The lowest BCUT2D eigenvalue weighted by atomic mass is 10.1. The molecule has 0 bridgehead atoms. The molecule has 0 fully saturated rings. The molecule has 1 aromatic carbocycles. The normalized spacial score (nSPS) is 12.0. The van der Waals surface area contributed by atoms with Crippen LogP contribution in [0.4, 0.5) is 0 Å². The first-order valence-electron chi connectivity index (χ1n) is 7.67. The van der Waals surface area contributed by atoms with Crippen molar-refractivity contribution in [2.24, 2.45) is 0 Å². The van der Waals surface area contributed by atoms with Crippen LogP contribution in [0.15, 0.2) is 18.2 Å². The molecule has 0 aliphatic carbocycles. The maximum absolute atomic E-state index is 12.2. The van der Waals surface area contributed by atoms with Gasteiger partial charge in [0.15, 0.2) is 0 Å². The van der Waals surface area contributed by atoms with E-state index < -0.39 is 0 Å². The lowest BCUT2D eigenvalue weighted by Gasteiger charge is -2.14. The Morgan fingerprint density at radius 2 is 2.05 bits per heavy atom. The van der Waals surface area contributed by atoms with Gasteiger partial charge in [0.1, 0.15) is 5.75 Å². The van der Waals surface area contributed by atoms with Crippen molar-refractivity contribution in [3.8, 4) is 5.75 Å². The summed E-state index contributed by atoms with van der Waals surface area (Å²) in [5.41, 5.74) is 1.55. The van der Waals surface area contributed by atoms with Crippen LogP contribution in [0.2, 0.25) is 0 Å². The van der Waals surface area contributed by atoms with E-state index in [1.165, 1.54) is 0 Å². The highest BCUT2D eigenvalue weighted by Crippen LogP contribution is 2.21. The number of hydrogen-bond donors (Lipinski definition) is 1. The summed E-state index contributed by atoms with van der Waals surface area (Å²) in [6.07, 6.45) is 3.01. The molecule has 0 saturated heterocycles. The van der Waals surface area contributed by atoms with E-state index in [4.69, 9.17) is 9.47 Å². The van der Waals surface area contributed by atoms with Crippen molar-refractivity contribution in [1.29, 1.82) is 0 Å². The van der Waals surface area contributed by atoms with E-state index in [0.717, 1.165) is 30.6 Å². The SMILES string of the molecule is CCCOCc1cc(C(=O)NC(C)CCC)ccc1OC. The van der Waals surface area contributed by atoms with Gasteiger partial charge in [-0.25, -0.2) is 0 Å². The zero-order valence-corrected chi connectivity index (χ0v) is 13.6. The molecule has 0 saturated carbocycles. The molecule has 0 aliphatic heterocycles. The summed E-state index contributed by atoms with van der Waals surface area (Å²) in [6, 6.07) is 5.65. The Balaban J connectivity index is 2.78. The summed E-state index contributed by atoms with van der Waals surface area (Å²) < 4.78 is 10.9. The van der Waals surface area contributed by atoms with Gasteiger partial charge in [-0.05, 0) is 38.0 Å². The van der Waals surface area contributed by atoms with Crippen LogP contribution in [0.1, 0.15) is 56.0 Å². The van der Waals surface area contributed by atoms with E-state index in [1.807, 2.05) is 19.1 Å². The van der Waals surface area contributed by atoms with E-state index in [2.05, 4.69) is 19.2 Å². The first-order valence-corrected chi connectivity index (χ1v) is 7.67. The second kappa shape index (κ2) is 9.40. The van der Waals surface area contributed by atoms with Gasteiger partial charge in [-0.3, -0.25) is 4.79 Å². The van der Waals surface area contributed by atoms with Gasteiger partial charge in [-0.2, -0.15) is 0 Å². The van der Waals surface area contributed by atoms with Crippen molar-refractivity contribution in [2.45, 2.75) is 52.7 Å². The highest BCUT2D eigenvalue weighted by molar-refractivity contribution is 5.94. The Bertz CT molecular complexity index is 446. The smallest absolute Gasteiger partial charge is 0.251 e. The van der Waals surface area contributed by atoms with Crippen molar-refractivity contribution < 1.29 is 14.3 Å². The summed E-state index contributed by atoms with van der Waals surface area (Å²) in [5.74, 6) is 0.708. The number of carbonyl (C=O) groups is 1. The third-order valence-corrected chi connectivity index (χ3v) is 3.25. The van der Waals surface area contributed by atoms with Gasteiger partial charge in [-0.1, -0.05) is 20.3 Å². The maximum atomic E-state index is 12.2. The molecule has 0 radical (unpaired) electrons. The predicted octanol–water partition coefficient (Wildman–Crippen LogP) is 3.54. The van der Waals surface area contributed by atoms with Crippen LogP contribution in [-0.4, -0.2) is 25.7 Å². The summed E-state index contributed by atoms with van der Waals surface area (Å²) in [7, 11) is 1.63. The first kappa shape index (κ1) is 17.5. The van der Waals surface area contributed by atoms with Crippen LogP contribution in [0.3, 0.4) is 0 Å². The molecule has 118 valence electrons. The minimum Gasteiger partial charge on any atom is -0.496 e. The predicted molar refractivity (Wildman–Crippen MR) is 84.8 cm³/mol. The lowest BCUT2D eigenvalue weighted by Crippen LogP contribution is -2.32. The summed E-state index contributed by atoms with van der Waals surface area (Å²) in [4.78, 5) is 12.2. The standard InChI is InChI=1S/C17H27NO3/c1-5-7-13(3)18-17(19)14-8-9-16(20-4)15(11-14)12-21-10-6-2/h8-9,11,13H,5-7,10,12H2,1-4H3,(H,18,19). The fourth-order valence-corrected chi connectivity index (χ4v) is 2.17. The molecular weight excluding hydrogens is 266 g/mol. The van der Waals surface area contributed by atoms with E-state index in [-0.39, 0.29) is 11.9 Å². The van der Waals surface area contributed by atoms with Gasteiger partial charge in [-0.15, -0.1) is 0 Å². The fourth-order valence-electron chi connectivity index (χ4n) is 2.17. The molecule has 1 atom stereocenters. The molecule has 1 amide bonds. The second-order valence-electron chi connectivity index (χ2n) is 5.24.